The van der Waals surface area contributed by atoms with Gasteiger partial charge in [-0.15, -0.1) is 0 Å². The molecule has 2 N–H and O–H groups in total. The van der Waals surface area contributed by atoms with E-state index in [1.165, 1.54) is 5.56 Å². The van der Waals surface area contributed by atoms with Gasteiger partial charge in [-0.1, -0.05) is 60.7 Å². The van der Waals surface area contributed by atoms with Gasteiger partial charge in [0.05, 0.1) is 0 Å². The zero-order valence-corrected chi connectivity index (χ0v) is 17.2. The molecule has 1 amide bonds. The maximum absolute atomic E-state index is 12.2. The minimum atomic E-state index is -0.0630. The predicted molar refractivity (Wildman–Crippen MR) is 118 cm³/mol. The van der Waals surface area contributed by atoms with Crippen LogP contribution >= 0.6 is 0 Å². The minimum absolute atomic E-state index is 0.0630. The molecule has 0 aliphatic carbocycles. The fraction of sp³-hybridized carbons (Fsp3) is 0.391. The maximum atomic E-state index is 12.2. The third-order valence-corrected chi connectivity index (χ3v) is 4.96. The third-order valence-electron chi connectivity index (χ3n) is 4.96. The average molecular weight is 394 g/mol. The number of guanidine groups is 1. The summed E-state index contributed by atoms with van der Waals surface area (Å²) in [5.74, 6) is 0.758. The van der Waals surface area contributed by atoms with Gasteiger partial charge in [-0.3, -0.25) is 9.69 Å². The number of carbonyl (C=O) groups is 1. The van der Waals surface area contributed by atoms with Crippen LogP contribution in [0.3, 0.4) is 0 Å². The average Bonchev–Trinajstić information content (AvgIpc) is 2.77. The molecule has 29 heavy (non-hydrogen) atoms. The highest BCUT2D eigenvalue weighted by Crippen LogP contribution is 2.08. The molecule has 0 atom stereocenters. The largest absolute Gasteiger partial charge is 0.357 e. The van der Waals surface area contributed by atoms with Crippen LogP contribution in [0.2, 0.25) is 0 Å². The number of carbonyl (C=O) groups excluding carboxylic acids is 1. The molecule has 1 aliphatic heterocycles. The maximum Gasteiger partial charge on any atom is 0.242 e. The van der Waals surface area contributed by atoms with Crippen LogP contribution < -0.4 is 10.6 Å². The van der Waals surface area contributed by atoms with Gasteiger partial charge in [0, 0.05) is 45.8 Å². The Hall–Kier alpha value is -2.86. The van der Waals surface area contributed by atoms with Crippen molar-refractivity contribution in [3.8, 4) is 0 Å². The molecular formula is C23H31N5O. The first-order valence-electron chi connectivity index (χ1n) is 10.3. The van der Waals surface area contributed by atoms with Crippen LogP contribution in [0.5, 0.6) is 0 Å². The lowest BCUT2D eigenvalue weighted by atomic mass is 10.2. The van der Waals surface area contributed by atoms with E-state index < -0.39 is 0 Å². The van der Waals surface area contributed by atoms with Gasteiger partial charge in [-0.05, 0) is 18.1 Å². The van der Waals surface area contributed by atoms with Crippen LogP contribution in [-0.4, -0.2) is 60.9 Å². The lowest BCUT2D eigenvalue weighted by molar-refractivity contribution is -0.119. The lowest BCUT2D eigenvalue weighted by Crippen LogP contribution is -2.52. The van der Waals surface area contributed by atoms with Crippen molar-refractivity contribution < 1.29 is 4.79 Å². The zero-order valence-electron chi connectivity index (χ0n) is 17.2. The first-order chi connectivity index (χ1) is 14.2. The smallest absolute Gasteiger partial charge is 0.242 e. The second kappa shape index (κ2) is 11.2. The van der Waals surface area contributed by atoms with E-state index in [0.29, 0.717) is 6.54 Å². The Morgan fingerprint density at radius 2 is 1.52 bits per heavy atom. The molecule has 6 heteroatoms. The van der Waals surface area contributed by atoms with Gasteiger partial charge in [0.15, 0.2) is 5.96 Å². The summed E-state index contributed by atoms with van der Waals surface area (Å²) in [5.41, 5.74) is 2.43. The molecule has 154 valence electrons. The van der Waals surface area contributed by atoms with E-state index in [-0.39, 0.29) is 12.5 Å². The van der Waals surface area contributed by atoms with Crippen molar-refractivity contribution in [2.45, 2.75) is 20.0 Å². The highest BCUT2D eigenvalue weighted by Gasteiger charge is 2.19. The summed E-state index contributed by atoms with van der Waals surface area (Å²) in [6.07, 6.45) is 0. The molecule has 0 radical (unpaired) electrons. The van der Waals surface area contributed by atoms with Crippen LogP contribution in [0, 0.1) is 0 Å². The summed E-state index contributed by atoms with van der Waals surface area (Å²) in [6, 6.07) is 20.5. The quantitative estimate of drug-likeness (QED) is 0.559. The second-order valence-corrected chi connectivity index (χ2v) is 7.18. The van der Waals surface area contributed by atoms with Crippen LogP contribution in [0.4, 0.5) is 0 Å². The minimum Gasteiger partial charge on any atom is -0.357 e. The summed E-state index contributed by atoms with van der Waals surface area (Å²) < 4.78 is 0. The van der Waals surface area contributed by atoms with Crippen molar-refractivity contribution in [3.63, 3.8) is 0 Å². The third kappa shape index (κ3) is 6.91. The van der Waals surface area contributed by atoms with E-state index in [1.54, 1.807) is 0 Å². The number of piperazine rings is 1. The van der Waals surface area contributed by atoms with Crippen LogP contribution in [-0.2, 0) is 17.9 Å². The highest BCUT2D eigenvalue weighted by molar-refractivity contribution is 5.85. The molecule has 2 aromatic carbocycles. The second-order valence-electron chi connectivity index (χ2n) is 7.18. The molecule has 3 rings (SSSR count). The number of amides is 1. The Labute approximate surface area is 173 Å². The summed E-state index contributed by atoms with van der Waals surface area (Å²) >= 11 is 0. The number of hydrogen-bond acceptors (Lipinski definition) is 3. The van der Waals surface area contributed by atoms with Crippen molar-refractivity contribution in [1.82, 2.24) is 20.4 Å². The lowest BCUT2D eigenvalue weighted by Gasteiger charge is -2.36. The first kappa shape index (κ1) is 20.9. The summed E-state index contributed by atoms with van der Waals surface area (Å²) in [5, 5.41) is 6.26. The highest BCUT2D eigenvalue weighted by atomic mass is 16.1. The normalized spacial score (nSPS) is 15.2. The van der Waals surface area contributed by atoms with E-state index in [4.69, 9.17) is 0 Å². The van der Waals surface area contributed by atoms with Crippen molar-refractivity contribution in [2.75, 3.05) is 39.3 Å². The summed E-state index contributed by atoms with van der Waals surface area (Å²) in [4.78, 5) is 21.5. The van der Waals surface area contributed by atoms with Crippen LogP contribution in [0.25, 0.3) is 0 Å². The number of nitrogens with zero attached hydrogens (tertiary/aromatic N) is 3. The van der Waals surface area contributed by atoms with Crippen molar-refractivity contribution in [2.24, 2.45) is 4.99 Å². The predicted octanol–water partition coefficient (Wildman–Crippen LogP) is 2.09. The van der Waals surface area contributed by atoms with Gasteiger partial charge in [0.2, 0.25) is 5.91 Å². The number of benzene rings is 2. The molecule has 0 unspecified atom stereocenters. The monoisotopic (exact) mass is 393 g/mol. The van der Waals surface area contributed by atoms with Crippen LogP contribution in [0.1, 0.15) is 18.1 Å². The fourth-order valence-corrected chi connectivity index (χ4v) is 3.38. The van der Waals surface area contributed by atoms with E-state index in [0.717, 1.165) is 50.8 Å². The van der Waals surface area contributed by atoms with E-state index in [2.05, 4.69) is 62.7 Å². The molecule has 1 saturated heterocycles. The van der Waals surface area contributed by atoms with Gasteiger partial charge in [0.25, 0.3) is 0 Å². The molecule has 1 aliphatic rings. The van der Waals surface area contributed by atoms with Gasteiger partial charge in [-0.2, -0.15) is 0 Å². The summed E-state index contributed by atoms with van der Waals surface area (Å²) in [7, 11) is 0. The molecular weight excluding hydrogens is 362 g/mol. The molecule has 0 saturated carbocycles. The molecule has 1 fully saturated rings. The number of aliphatic imine (C=N–C) groups is 1. The van der Waals surface area contributed by atoms with Gasteiger partial charge in [0.1, 0.15) is 6.54 Å². The Balaban J connectivity index is 1.47. The SMILES string of the molecule is CCNC(=NCC(=O)NCc1ccccc1)N1CCN(Cc2ccccc2)CC1. The van der Waals surface area contributed by atoms with Crippen molar-refractivity contribution in [3.05, 3.63) is 71.8 Å². The number of nitrogens with one attached hydrogen (secondary N) is 2. The standard InChI is InChI=1S/C23H31N5O/c1-2-24-23(26-18-22(29)25-17-20-9-5-3-6-10-20)28-15-13-27(14-16-28)19-21-11-7-4-8-12-21/h3-12H,2,13-19H2,1H3,(H,24,26)(H,25,29). The molecule has 0 aromatic heterocycles. The fourth-order valence-electron chi connectivity index (χ4n) is 3.38. The first-order valence-corrected chi connectivity index (χ1v) is 10.3. The van der Waals surface area contributed by atoms with Crippen molar-refractivity contribution in [1.29, 1.82) is 0 Å². The van der Waals surface area contributed by atoms with Crippen LogP contribution in [0.15, 0.2) is 65.7 Å². The topological polar surface area (TPSA) is 60.0 Å². The number of rotatable bonds is 7. The van der Waals surface area contributed by atoms with Crippen molar-refractivity contribution >= 4 is 11.9 Å². The van der Waals surface area contributed by atoms with Gasteiger partial charge in [-0.25, -0.2) is 4.99 Å². The molecule has 2 aromatic rings. The van der Waals surface area contributed by atoms with E-state index in [9.17, 15) is 4.79 Å². The summed E-state index contributed by atoms with van der Waals surface area (Å²) in [6.45, 7) is 8.27. The molecule has 1 heterocycles. The van der Waals surface area contributed by atoms with Gasteiger partial charge < -0.3 is 15.5 Å². The Kier molecular flexibility index (Phi) is 8.07. The molecule has 6 nitrogen and oxygen atoms in total. The molecule has 0 spiro atoms. The van der Waals surface area contributed by atoms with E-state index >= 15 is 0 Å². The van der Waals surface area contributed by atoms with E-state index in [1.807, 2.05) is 30.3 Å². The molecule has 0 bridgehead atoms. The Morgan fingerprint density at radius 1 is 0.897 bits per heavy atom. The van der Waals surface area contributed by atoms with Gasteiger partial charge >= 0.3 is 0 Å². The number of hydrogen-bond donors (Lipinski definition) is 2. The Morgan fingerprint density at radius 3 is 2.14 bits per heavy atom. The Bertz CT molecular complexity index is 770. The zero-order chi connectivity index (χ0) is 20.3.